The zero-order chi connectivity index (χ0) is 29.0. The average molecular weight is 591 g/mol. The molecule has 0 aromatic heterocycles. The zero-order valence-electron chi connectivity index (χ0n) is 25.2. The van der Waals surface area contributed by atoms with E-state index in [2.05, 4.69) is 170 Å². The second-order valence-corrected chi connectivity index (χ2v) is 13.6. The van der Waals surface area contributed by atoms with Gasteiger partial charge >= 0.3 is 23.1 Å². The summed E-state index contributed by atoms with van der Waals surface area (Å²) in [6, 6.07) is 57.4. The summed E-state index contributed by atoms with van der Waals surface area (Å²) in [6.07, 6.45) is 2.12. The molecule has 0 N–H and O–H groups in total. The van der Waals surface area contributed by atoms with Crippen LogP contribution < -0.4 is 10.4 Å². The molecule has 208 valence electrons. The van der Waals surface area contributed by atoms with Crippen LogP contribution in [0.15, 0.2) is 158 Å². The molecule has 0 bridgehead atoms. The summed E-state index contributed by atoms with van der Waals surface area (Å²) in [5.74, 6) is 0. The Morgan fingerprint density at radius 1 is 0.500 bits per heavy atom. The zero-order valence-corrected chi connectivity index (χ0v) is 27.6. The van der Waals surface area contributed by atoms with Crippen molar-refractivity contribution in [2.24, 2.45) is 0 Å². The van der Waals surface area contributed by atoms with E-state index in [9.17, 15) is 0 Å². The molecule has 8 aromatic rings. The summed E-state index contributed by atoms with van der Waals surface area (Å²) < 4.78 is 0. The maximum Gasteiger partial charge on any atom is 2.00 e. The Bertz CT molecular complexity index is 2140. The van der Waals surface area contributed by atoms with Crippen molar-refractivity contribution >= 4 is 90.6 Å². The number of aryl methyl sites for hydroxylation is 1. The van der Waals surface area contributed by atoms with Crippen LogP contribution in [0, 0.1) is 0 Å². The molecule has 8 rings (SSSR count). The van der Waals surface area contributed by atoms with Gasteiger partial charge in [-0.15, -0.1) is 56.9 Å². The van der Waals surface area contributed by atoms with Crippen molar-refractivity contribution in [1.29, 1.82) is 0 Å². The summed E-state index contributed by atoms with van der Waals surface area (Å²) >= 11 is 0. The third kappa shape index (κ3) is 6.25. The van der Waals surface area contributed by atoms with E-state index in [4.69, 9.17) is 0 Å². The quantitative estimate of drug-likeness (QED) is 0.139. The normalized spacial score (nSPS) is 10.8. The van der Waals surface area contributed by atoms with Crippen LogP contribution in [-0.4, -0.2) is 37.1 Å². The van der Waals surface area contributed by atoms with E-state index in [1.165, 1.54) is 64.6 Å². The van der Waals surface area contributed by atoms with Crippen LogP contribution in [0.4, 0.5) is 0 Å². The van der Waals surface area contributed by atoms with Crippen LogP contribution in [-0.2, 0) is 12.8 Å². The van der Waals surface area contributed by atoms with Gasteiger partial charge < -0.3 is 0 Å². The molecule has 0 amide bonds. The second kappa shape index (κ2) is 13.7. The Kier molecular flexibility index (Phi) is 9.32. The first-order valence-corrected chi connectivity index (χ1v) is 16.8. The number of rotatable bonds is 5. The van der Waals surface area contributed by atoms with Crippen molar-refractivity contribution in [3.63, 3.8) is 0 Å². The second-order valence-electron chi connectivity index (χ2n) is 11.2. The summed E-state index contributed by atoms with van der Waals surface area (Å²) in [5.41, 5.74) is 5.38. The fraction of sp³-hybridized carbons (Fsp3) is 0.0714. The molecule has 2 heteroatoms. The predicted molar refractivity (Wildman–Crippen MR) is 197 cm³/mol. The Labute approximate surface area is 277 Å². The monoisotopic (exact) mass is 590 g/mol. The third-order valence-corrected chi connectivity index (χ3v) is 11.0. The van der Waals surface area contributed by atoms with Crippen molar-refractivity contribution in [3.8, 4) is 0 Å². The molecule has 0 aliphatic heterocycles. The average Bonchev–Trinajstić information content (AvgIpc) is 3.71. The van der Waals surface area contributed by atoms with Crippen molar-refractivity contribution in [1.82, 2.24) is 0 Å². The number of hydrogen-bond donors (Lipinski definition) is 0. The molecule has 0 nitrogen and oxygen atoms in total. The molecule has 0 spiro atoms. The smallest absolute Gasteiger partial charge is 0.165 e. The Hall–Kier alpha value is -4.09. The van der Waals surface area contributed by atoms with Gasteiger partial charge in [0.2, 0.25) is 0 Å². The first kappa shape index (κ1) is 30.0. The largest absolute Gasteiger partial charge is 2.00 e. The molecule has 44 heavy (non-hydrogen) atoms. The van der Waals surface area contributed by atoms with Gasteiger partial charge in [0.1, 0.15) is 0 Å². The van der Waals surface area contributed by atoms with Crippen molar-refractivity contribution in [3.05, 3.63) is 169 Å². The first-order valence-electron chi connectivity index (χ1n) is 15.2. The van der Waals surface area contributed by atoms with Gasteiger partial charge in [-0.1, -0.05) is 155 Å². The Morgan fingerprint density at radius 3 is 1.45 bits per heavy atom. The van der Waals surface area contributed by atoms with Gasteiger partial charge in [0.15, 0.2) is 0 Å². The van der Waals surface area contributed by atoms with Gasteiger partial charge in [-0.3, -0.25) is 0 Å². The van der Waals surface area contributed by atoms with E-state index in [0.717, 1.165) is 12.8 Å². The fourth-order valence-electron chi connectivity index (χ4n) is 6.23. The van der Waals surface area contributed by atoms with Crippen LogP contribution >= 0.6 is 0 Å². The van der Waals surface area contributed by atoms with E-state index in [-0.39, 0.29) is 23.1 Å². The van der Waals surface area contributed by atoms with Gasteiger partial charge in [-0.25, -0.2) is 0 Å². The minimum absolute atomic E-state index is 0. The van der Waals surface area contributed by atoms with Crippen molar-refractivity contribution in [2.75, 3.05) is 0 Å². The van der Waals surface area contributed by atoms with Crippen LogP contribution in [0.3, 0.4) is 0 Å². The summed E-state index contributed by atoms with van der Waals surface area (Å²) in [5, 5.41) is 13.7. The van der Waals surface area contributed by atoms with Gasteiger partial charge in [0.25, 0.3) is 0 Å². The Balaban J connectivity index is 0.000000181. The standard InChI is InChI=1S/C27H21Si.C15H13.Mg/c1-3-10-24(11-4-1)28(25-12-5-2-6-13-25)18-17-21-19-23-16-15-22-9-7-8-14-26(22)27(23)20-21;1-2-11-9-13-8-7-12-5-3-4-6-14(12)15(13)10-11;/h1-16,18-20H,17H2;3-10H,2H2,1H3;/q2*-1;+2. The Morgan fingerprint density at radius 2 is 0.932 bits per heavy atom. The molecule has 0 heterocycles. The molecule has 0 aliphatic rings. The van der Waals surface area contributed by atoms with E-state index in [1.807, 2.05) is 0 Å². The fourth-order valence-corrected chi connectivity index (χ4v) is 8.58. The molecule has 0 aliphatic carbocycles. The van der Waals surface area contributed by atoms with Crippen LogP contribution in [0.2, 0.25) is 0 Å². The number of fused-ring (bicyclic) bond motifs is 6. The summed E-state index contributed by atoms with van der Waals surface area (Å²) in [7, 11) is -0.901. The molecular formula is C42H34MgSi. The molecule has 0 atom stereocenters. The molecule has 0 unspecified atom stereocenters. The van der Waals surface area contributed by atoms with Gasteiger partial charge in [-0.05, 0) is 23.2 Å². The van der Waals surface area contributed by atoms with Gasteiger partial charge in [0.05, 0.1) is 8.41 Å². The molecule has 0 saturated heterocycles. The minimum atomic E-state index is -0.901. The third-order valence-electron chi connectivity index (χ3n) is 8.47. The maximum atomic E-state index is 2.55. The van der Waals surface area contributed by atoms with E-state index < -0.39 is 8.41 Å². The van der Waals surface area contributed by atoms with E-state index in [0.29, 0.717) is 0 Å². The SMILES string of the molecule is C(Cc1cc2ccc3ccccc3c2[cH-]1)=[Si](c1ccccc1)c1ccccc1.CCc1cc2ccc3ccccc3c2[cH-]1.[Mg+2]. The maximum absolute atomic E-state index is 2.55. The first-order chi connectivity index (χ1) is 21.3. The topological polar surface area (TPSA) is 0 Å². The minimum Gasteiger partial charge on any atom is -0.165 e. The van der Waals surface area contributed by atoms with E-state index >= 15 is 0 Å². The van der Waals surface area contributed by atoms with Gasteiger partial charge in [0, 0.05) is 0 Å². The van der Waals surface area contributed by atoms with Crippen molar-refractivity contribution in [2.45, 2.75) is 19.8 Å². The molecule has 0 radical (unpaired) electrons. The van der Waals surface area contributed by atoms with Gasteiger partial charge in [-0.2, -0.15) is 12.1 Å². The number of benzene rings is 6. The number of hydrogen-bond acceptors (Lipinski definition) is 0. The molecular weight excluding hydrogens is 557 g/mol. The predicted octanol–water partition coefficient (Wildman–Crippen LogP) is 8.84. The molecule has 8 aromatic carbocycles. The van der Waals surface area contributed by atoms with Crippen LogP contribution in [0.25, 0.3) is 43.1 Å². The van der Waals surface area contributed by atoms with Crippen molar-refractivity contribution < 1.29 is 0 Å². The molecule has 0 fully saturated rings. The summed E-state index contributed by atoms with van der Waals surface area (Å²) in [4.78, 5) is 0. The summed E-state index contributed by atoms with van der Waals surface area (Å²) in [6.45, 7) is 2.20. The van der Waals surface area contributed by atoms with Crippen LogP contribution in [0.1, 0.15) is 18.1 Å². The van der Waals surface area contributed by atoms with E-state index in [1.54, 1.807) is 0 Å². The molecule has 0 saturated carbocycles. The van der Waals surface area contributed by atoms with Crippen LogP contribution in [0.5, 0.6) is 0 Å².